The number of carbonyl (C=O) groups is 2. The largest absolute Gasteiger partial charge is 0.345 e. The van der Waals surface area contributed by atoms with Crippen LogP contribution in [0.25, 0.3) is 0 Å². The van der Waals surface area contributed by atoms with Crippen molar-refractivity contribution in [3.8, 4) is 0 Å². The third-order valence-electron chi connectivity index (χ3n) is 4.16. The minimum atomic E-state index is -0.119. The zero-order valence-corrected chi connectivity index (χ0v) is 15.4. The highest BCUT2D eigenvalue weighted by molar-refractivity contribution is 7.98. The van der Waals surface area contributed by atoms with Crippen LogP contribution in [0, 0.1) is 0 Å². The van der Waals surface area contributed by atoms with Crippen molar-refractivity contribution in [2.45, 2.75) is 30.7 Å². The van der Waals surface area contributed by atoms with Gasteiger partial charge in [0.15, 0.2) is 0 Å². The van der Waals surface area contributed by atoms with Crippen molar-refractivity contribution >= 4 is 40.6 Å². The van der Waals surface area contributed by atoms with Gasteiger partial charge >= 0.3 is 0 Å². The fourth-order valence-corrected chi connectivity index (χ4v) is 4.51. The van der Waals surface area contributed by atoms with Crippen LogP contribution in [0.4, 0.5) is 5.69 Å². The summed E-state index contributed by atoms with van der Waals surface area (Å²) in [6.45, 7) is 2.74. The lowest BCUT2D eigenvalue weighted by molar-refractivity contribution is -0.117. The van der Waals surface area contributed by atoms with E-state index in [9.17, 15) is 9.59 Å². The van der Waals surface area contributed by atoms with E-state index in [1.54, 1.807) is 11.8 Å². The van der Waals surface area contributed by atoms with Crippen molar-refractivity contribution in [1.82, 2.24) is 5.32 Å². The van der Waals surface area contributed by atoms with E-state index in [-0.39, 0.29) is 17.9 Å². The molecule has 2 amide bonds. The molecule has 1 saturated heterocycles. The summed E-state index contributed by atoms with van der Waals surface area (Å²) >= 11 is 3.04. The molecule has 1 aromatic heterocycles. The van der Waals surface area contributed by atoms with E-state index in [4.69, 9.17) is 0 Å². The SMILES string of the molecule is CSc1ccsc1C(=O)NC(C)c1cccc(N2CCCC2=O)c1. The summed E-state index contributed by atoms with van der Waals surface area (Å²) in [6.07, 6.45) is 3.50. The second kappa shape index (κ2) is 7.40. The van der Waals surface area contributed by atoms with Crippen molar-refractivity contribution in [3.05, 3.63) is 46.2 Å². The number of anilines is 1. The Kier molecular flexibility index (Phi) is 5.26. The fraction of sp³-hybridized carbons (Fsp3) is 0.333. The molecule has 1 aromatic carbocycles. The van der Waals surface area contributed by atoms with Gasteiger partial charge in [-0.25, -0.2) is 0 Å². The third kappa shape index (κ3) is 3.49. The number of thiophene rings is 1. The Labute approximate surface area is 150 Å². The minimum Gasteiger partial charge on any atom is -0.345 e. The molecule has 1 fully saturated rings. The minimum absolute atomic E-state index is 0.0514. The molecule has 0 radical (unpaired) electrons. The lowest BCUT2D eigenvalue weighted by Gasteiger charge is -2.19. The summed E-state index contributed by atoms with van der Waals surface area (Å²) in [7, 11) is 0. The third-order valence-corrected chi connectivity index (χ3v) is 5.98. The molecule has 3 rings (SSSR count). The molecule has 0 aliphatic carbocycles. The van der Waals surface area contributed by atoms with Crippen LogP contribution in [0.15, 0.2) is 40.6 Å². The second-order valence-electron chi connectivity index (χ2n) is 5.76. The molecule has 6 heteroatoms. The molecule has 0 saturated carbocycles. The Balaban J connectivity index is 1.74. The van der Waals surface area contributed by atoms with Crippen LogP contribution in [-0.2, 0) is 4.79 Å². The molecule has 1 unspecified atom stereocenters. The van der Waals surface area contributed by atoms with Crippen LogP contribution in [0.2, 0.25) is 0 Å². The fourth-order valence-electron chi connectivity index (χ4n) is 2.85. The van der Waals surface area contributed by atoms with Crippen LogP contribution in [-0.4, -0.2) is 24.6 Å². The van der Waals surface area contributed by atoms with Gasteiger partial charge in [0.25, 0.3) is 5.91 Å². The van der Waals surface area contributed by atoms with Crippen LogP contribution < -0.4 is 10.2 Å². The van der Waals surface area contributed by atoms with E-state index in [1.165, 1.54) is 11.3 Å². The predicted molar refractivity (Wildman–Crippen MR) is 100 cm³/mol. The maximum absolute atomic E-state index is 12.5. The van der Waals surface area contributed by atoms with Crippen LogP contribution >= 0.6 is 23.1 Å². The first kappa shape index (κ1) is 17.0. The summed E-state index contributed by atoms with van der Waals surface area (Å²) in [4.78, 5) is 28.0. The first-order valence-electron chi connectivity index (χ1n) is 7.93. The van der Waals surface area contributed by atoms with E-state index >= 15 is 0 Å². The van der Waals surface area contributed by atoms with Gasteiger partial charge in [0, 0.05) is 23.5 Å². The Morgan fingerprint density at radius 3 is 2.92 bits per heavy atom. The van der Waals surface area contributed by atoms with Gasteiger partial charge in [-0.2, -0.15) is 0 Å². The number of nitrogens with zero attached hydrogens (tertiary/aromatic N) is 1. The van der Waals surface area contributed by atoms with E-state index in [2.05, 4.69) is 5.32 Å². The normalized spacial score (nSPS) is 15.6. The summed E-state index contributed by atoms with van der Waals surface area (Å²) in [5, 5.41) is 4.99. The average Bonchev–Trinajstić information content (AvgIpc) is 3.23. The first-order valence-corrected chi connectivity index (χ1v) is 10.0. The molecule has 24 heavy (non-hydrogen) atoms. The summed E-state index contributed by atoms with van der Waals surface area (Å²) < 4.78 is 0. The summed E-state index contributed by atoms with van der Waals surface area (Å²) in [5.74, 6) is 0.122. The second-order valence-corrected chi connectivity index (χ2v) is 7.52. The number of benzene rings is 1. The van der Waals surface area contributed by atoms with Gasteiger partial charge in [0.2, 0.25) is 5.91 Å². The van der Waals surface area contributed by atoms with E-state index in [0.29, 0.717) is 6.42 Å². The van der Waals surface area contributed by atoms with Gasteiger partial charge < -0.3 is 10.2 Å². The van der Waals surface area contributed by atoms with Crippen molar-refractivity contribution in [2.75, 3.05) is 17.7 Å². The van der Waals surface area contributed by atoms with E-state index < -0.39 is 0 Å². The molecule has 1 atom stereocenters. The molecular weight excluding hydrogens is 340 g/mol. The number of carbonyl (C=O) groups excluding carboxylic acids is 2. The molecule has 0 spiro atoms. The standard InChI is InChI=1S/C18H20N2O2S2/c1-12(19-18(22)17-15(23-2)8-10-24-17)13-5-3-6-14(11-13)20-9-4-7-16(20)21/h3,5-6,8,10-12H,4,7,9H2,1-2H3,(H,19,22). The van der Waals surface area contributed by atoms with E-state index in [0.717, 1.165) is 34.0 Å². The lowest BCUT2D eigenvalue weighted by Crippen LogP contribution is -2.27. The zero-order chi connectivity index (χ0) is 17.1. The quantitative estimate of drug-likeness (QED) is 0.817. The van der Waals surface area contributed by atoms with Crippen molar-refractivity contribution in [1.29, 1.82) is 0 Å². The lowest BCUT2D eigenvalue weighted by atomic mass is 10.1. The molecule has 126 valence electrons. The maximum Gasteiger partial charge on any atom is 0.262 e. The Bertz CT molecular complexity index is 757. The van der Waals surface area contributed by atoms with Crippen LogP contribution in [0.3, 0.4) is 0 Å². The molecule has 2 heterocycles. The number of rotatable bonds is 5. The number of hydrogen-bond donors (Lipinski definition) is 1. The molecule has 4 nitrogen and oxygen atoms in total. The van der Waals surface area contributed by atoms with Gasteiger partial charge in [-0.3, -0.25) is 9.59 Å². The highest BCUT2D eigenvalue weighted by atomic mass is 32.2. The molecule has 1 N–H and O–H groups in total. The molecule has 1 aliphatic heterocycles. The Hall–Kier alpha value is -1.79. The van der Waals surface area contributed by atoms with Gasteiger partial charge in [-0.1, -0.05) is 12.1 Å². The first-order chi connectivity index (χ1) is 11.6. The Morgan fingerprint density at radius 1 is 1.38 bits per heavy atom. The monoisotopic (exact) mass is 360 g/mol. The number of hydrogen-bond acceptors (Lipinski definition) is 4. The van der Waals surface area contributed by atoms with Gasteiger partial charge in [-0.05, 0) is 48.7 Å². The predicted octanol–water partition coefficient (Wildman–Crippen LogP) is 4.09. The number of nitrogens with one attached hydrogen (secondary N) is 1. The van der Waals surface area contributed by atoms with Gasteiger partial charge in [0.05, 0.1) is 6.04 Å². The zero-order valence-electron chi connectivity index (χ0n) is 13.7. The molecular formula is C18H20N2O2S2. The highest BCUT2D eigenvalue weighted by Crippen LogP contribution is 2.27. The number of thioether (sulfide) groups is 1. The average molecular weight is 361 g/mol. The van der Waals surface area contributed by atoms with Crippen molar-refractivity contribution in [2.24, 2.45) is 0 Å². The molecule has 2 aromatic rings. The topological polar surface area (TPSA) is 49.4 Å². The molecule has 0 bridgehead atoms. The Morgan fingerprint density at radius 2 is 2.21 bits per heavy atom. The smallest absolute Gasteiger partial charge is 0.262 e. The van der Waals surface area contributed by atoms with Gasteiger partial charge in [-0.15, -0.1) is 23.1 Å². The van der Waals surface area contributed by atoms with E-state index in [1.807, 2.05) is 53.8 Å². The van der Waals surface area contributed by atoms with Gasteiger partial charge in [0.1, 0.15) is 4.88 Å². The van der Waals surface area contributed by atoms with Crippen molar-refractivity contribution in [3.63, 3.8) is 0 Å². The molecule has 1 aliphatic rings. The van der Waals surface area contributed by atoms with Crippen LogP contribution in [0.1, 0.15) is 41.0 Å². The van der Waals surface area contributed by atoms with Crippen LogP contribution in [0.5, 0.6) is 0 Å². The van der Waals surface area contributed by atoms with Crippen molar-refractivity contribution < 1.29 is 9.59 Å². The summed E-state index contributed by atoms with van der Waals surface area (Å²) in [6, 6.07) is 9.72. The number of amides is 2. The maximum atomic E-state index is 12.5. The highest BCUT2D eigenvalue weighted by Gasteiger charge is 2.22. The summed E-state index contributed by atoms with van der Waals surface area (Å²) in [5.41, 5.74) is 1.92.